The van der Waals surface area contributed by atoms with Gasteiger partial charge in [0.25, 0.3) is 0 Å². The van der Waals surface area contributed by atoms with Crippen LogP contribution < -0.4 is 10.6 Å². The van der Waals surface area contributed by atoms with Crippen LogP contribution in [-0.4, -0.2) is 12.5 Å². The maximum Gasteiger partial charge on any atom is 0.243 e. The number of halogens is 3. The van der Waals surface area contributed by atoms with Crippen LogP contribution >= 0.6 is 34.8 Å². The van der Waals surface area contributed by atoms with Crippen molar-refractivity contribution in [2.45, 2.75) is 6.92 Å². The van der Waals surface area contributed by atoms with Gasteiger partial charge in [0.15, 0.2) is 0 Å². The Bertz CT molecular complexity index is 674. The molecule has 2 rings (SSSR count). The maximum atomic E-state index is 11.9. The summed E-state index contributed by atoms with van der Waals surface area (Å²) in [4.78, 5) is 11.9. The number of amides is 1. The lowest BCUT2D eigenvalue weighted by Gasteiger charge is -2.11. The largest absolute Gasteiger partial charge is 0.375 e. The molecule has 0 heterocycles. The zero-order valence-electron chi connectivity index (χ0n) is 11.2. The van der Waals surface area contributed by atoms with Crippen LogP contribution in [0, 0.1) is 6.92 Å². The van der Waals surface area contributed by atoms with Crippen LogP contribution in [0.5, 0.6) is 0 Å². The van der Waals surface area contributed by atoms with Crippen LogP contribution in [-0.2, 0) is 4.79 Å². The number of hydrogen-bond acceptors (Lipinski definition) is 2. The smallest absolute Gasteiger partial charge is 0.243 e. The Labute approximate surface area is 138 Å². The van der Waals surface area contributed by atoms with E-state index < -0.39 is 0 Å². The molecule has 6 heteroatoms. The average molecular weight is 344 g/mol. The molecule has 0 aliphatic heterocycles. The fraction of sp³-hybridized carbons (Fsp3) is 0.133. The molecule has 0 fully saturated rings. The summed E-state index contributed by atoms with van der Waals surface area (Å²) in [6, 6.07) is 10.4. The van der Waals surface area contributed by atoms with Gasteiger partial charge in [-0.25, -0.2) is 0 Å². The highest BCUT2D eigenvalue weighted by Crippen LogP contribution is 2.25. The predicted octanol–water partition coefficient (Wildman–Crippen LogP) is 5.01. The second-order valence-electron chi connectivity index (χ2n) is 4.49. The van der Waals surface area contributed by atoms with Crippen molar-refractivity contribution >= 4 is 52.1 Å². The second kappa shape index (κ2) is 7.03. The molecule has 0 radical (unpaired) electrons. The predicted molar refractivity (Wildman–Crippen MR) is 89.8 cm³/mol. The molecule has 2 aromatic rings. The fourth-order valence-corrected chi connectivity index (χ4v) is 2.38. The minimum Gasteiger partial charge on any atom is -0.375 e. The van der Waals surface area contributed by atoms with Gasteiger partial charge >= 0.3 is 0 Å². The molecular weight excluding hydrogens is 331 g/mol. The summed E-state index contributed by atoms with van der Waals surface area (Å²) >= 11 is 17.8. The third-order valence-corrected chi connectivity index (χ3v) is 3.63. The SMILES string of the molecule is Cc1ccc(Cl)cc1NC(=O)CNc1ccc(Cl)cc1Cl. The number of benzene rings is 2. The zero-order valence-corrected chi connectivity index (χ0v) is 13.5. The Morgan fingerprint density at radius 1 is 1.00 bits per heavy atom. The minimum absolute atomic E-state index is 0.0906. The summed E-state index contributed by atoms with van der Waals surface area (Å²) in [6.07, 6.45) is 0. The van der Waals surface area contributed by atoms with Crippen molar-refractivity contribution in [1.82, 2.24) is 0 Å². The van der Waals surface area contributed by atoms with E-state index in [2.05, 4.69) is 10.6 Å². The summed E-state index contributed by atoms with van der Waals surface area (Å²) in [5, 5.41) is 7.34. The van der Waals surface area contributed by atoms with Gasteiger partial charge in [0.2, 0.25) is 5.91 Å². The number of rotatable bonds is 4. The van der Waals surface area contributed by atoms with E-state index in [4.69, 9.17) is 34.8 Å². The monoisotopic (exact) mass is 342 g/mol. The van der Waals surface area contributed by atoms with E-state index in [0.29, 0.717) is 26.4 Å². The van der Waals surface area contributed by atoms with Crippen molar-refractivity contribution in [1.29, 1.82) is 0 Å². The van der Waals surface area contributed by atoms with Gasteiger partial charge in [0.05, 0.1) is 17.3 Å². The summed E-state index contributed by atoms with van der Waals surface area (Å²) in [6.45, 7) is 1.99. The third kappa shape index (κ3) is 4.53. The molecule has 0 spiro atoms. The zero-order chi connectivity index (χ0) is 15.4. The lowest BCUT2D eigenvalue weighted by atomic mass is 10.2. The normalized spacial score (nSPS) is 10.3. The minimum atomic E-state index is -0.189. The first kappa shape index (κ1) is 16.0. The number of nitrogens with one attached hydrogen (secondary N) is 2. The number of hydrogen-bond donors (Lipinski definition) is 2. The highest BCUT2D eigenvalue weighted by Gasteiger charge is 2.07. The molecule has 3 nitrogen and oxygen atoms in total. The molecule has 0 aliphatic carbocycles. The molecule has 1 amide bonds. The molecule has 21 heavy (non-hydrogen) atoms. The fourth-order valence-electron chi connectivity index (χ4n) is 1.73. The first-order valence-electron chi connectivity index (χ1n) is 6.20. The van der Waals surface area contributed by atoms with E-state index >= 15 is 0 Å². The van der Waals surface area contributed by atoms with Gasteiger partial charge in [-0.3, -0.25) is 4.79 Å². The van der Waals surface area contributed by atoms with E-state index in [-0.39, 0.29) is 12.5 Å². The molecule has 0 unspecified atom stereocenters. The summed E-state index contributed by atoms with van der Waals surface area (Å²) < 4.78 is 0. The molecular formula is C15H13Cl3N2O. The number of aryl methyl sites for hydroxylation is 1. The van der Waals surface area contributed by atoms with Crippen molar-refractivity contribution in [3.05, 3.63) is 57.0 Å². The molecule has 2 aromatic carbocycles. The third-order valence-electron chi connectivity index (χ3n) is 2.84. The second-order valence-corrected chi connectivity index (χ2v) is 5.77. The Balaban J connectivity index is 1.97. The Morgan fingerprint density at radius 2 is 1.67 bits per heavy atom. The highest BCUT2D eigenvalue weighted by molar-refractivity contribution is 6.36. The summed E-state index contributed by atoms with van der Waals surface area (Å²) in [7, 11) is 0. The topological polar surface area (TPSA) is 41.1 Å². The van der Waals surface area contributed by atoms with E-state index in [1.807, 2.05) is 13.0 Å². The van der Waals surface area contributed by atoms with Gasteiger partial charge in [0.1, 0.15) is 0 Å². The van der Waals surface area contributed by atoms with Gasteiger partial charge in [-0.05, 0) is 42.8 Å². The molecule has 110 valence electrons. The van der Waals surface area contributed by atoms with Gasteiger partial charge in [-0.1, -0.05) is 40.9 Å². The van der Waals surface area contributed by atoms with Crippen molar-refractivity contribution in [3.8, 4) is 0 Å². The highest BCUT2D eigenvalue weighted by atomic mass is 35.5. The Morgan fingerprint density at radius 3 is 2.38 bits per heavy atom. The van der Waals surface area contributed by atoms with Crippen LogP contribution in [0.15, 0.2) is 36.4 Å². The number of carbonyl (C=O) groups is 1. The van der Waals surface area contributed by atoms with Crippen LogP contribution in [0.1, 0.15) is 5.56 Å². The molecule has 0 saturated heterocycles. The van der Waals surface area contributed by atoms with Crippen molar-refractivity contribution in [2.24, 2.45) is 0 Å². The van der Waals surface area contributed by atoms with E-state index in [1.165, 1.54) is 0 Å². The van der Waals surface area contributed by atoms with Crippen molar-refractivity contribution in [2.75, 3.05) is 17.2 Å². The molecule has 0 aromatic heterocycles. The molecule has 0 aliphatic rings. The van der Waals surface area contributed by atoms with Gasteiger partial charge < -0.3 is 10.6 Å². The molecule has 0 atom stereocenters. The van der Waals surface area contributed by atoms with Crippen LogP contribution in [0.3, 0.4) is 0 Å². The maximum absolute atomic E-state index is 11.9. The molecule has 0 saturated carbocycles. The van der Waals surface area contributed by atoms with Crippen molar-refractivity contribution < 1.29 is 4.79 Å². The quantitative estimate of drug-likeness (QED) is 0.819. The molecule has 2 N–H and O–H groups in total. The van der Waals surface area contributed by atoms with Crippen molar-refractivity contribution in [3.63, 3.8) is 0 Å². The lowest BCUT2D eigenvalue weighted by Crippen LogP contribution is -2.22. The number of carbonyl (C=O) groups excluding carboxylic acids is 1. The average Bonchev–Trinajstić information content (AvgIpc) is 2.42. The lowest BCUT2D eigenvalue weighted by molar-refractivity contribution is -0.114. The number of anilines is 2. The summed E-state index contributed by atoms with van der Waals surface area (Å²) in [5.74, 6) is -0.189. The van der Waals surface area contributed by atoms with Gasteiger partial charge in [-0.2, -0.15) is 0 Å². The first-order chi connectivity index (χ1) is 9.95. The Kier molecular flexibility index (Phi) is 5.34. The van der Waals surface area contributed by atoms with E-state index in [1.54, 1.807) is 30.3 Å². The van der Waals surface area contributed by atoms with E-state index in [9.17, 15) is 4.79 Å². The van der Waals surface area contributed by atoms with Gasteiger partial charge in [-0.15, -0.1) is 0 Å². The summed E-state index contributed by atoms with van der Waals surface area (Å²) in [5.41, 5.74) is 2.29. The van der Waals surface area contributed by atoms with E-state index in [0.717, 1.165) is 5.56 Å². The standard InChI is InChI=1S/C15H13Cl3N2O/c1-9-2-3-11(17)7-14(9)20-15(21)8-19-13-5-4-10(16)6-12(13)18/h2-7,19H,8H2,1H3,(H,20,21). The Hall–Kier alpha value is -1.42. The van der Waals surface area contributed by atoms with Crippen LogP contribution in [0.2, 0.25) is 15.1 Å². The molecule has 0 bridgehead atoms. The van der Waals surface area contributed by atoms with Gasteiger partial charge in [0, 0.05) is 15.7 Å². The van der Waals surface area contributed by atoms with Crippen LogP contribution in [0.25, 0.3) is 0 Å². The van der Waals surface area contributed by atoms with Crippen LogP contribution in [0.4, 0.5) is 11.4 Å². The first-order valence-corrected chi connectivity index (χ1v) is 7.34.